The van der Waals surface area contributed by atoms with E-state index in [4.69, 9.17) is 4.74 Å². The number of para-hydroxylation sites is 1. The van der Waals surface area contributed by atoms with Crippen molar-refractivity contribution < 1.29 is 27.5 Å². The summed E-state index contributed by atoms with van der Waals surface area (Å²) in [7, 11) is -1.29. The van der Waals surface area contributed by atoms with Gasteiger partial charge in [0.05, 0.1) is 36.6 Å². The third kappa shape index (κ3) is 3.56. The molecule has 0 unspecified atom stereocenters. The molecule has 1 heterocycles. The van der Waals surface area contributed by atoms with Crippen molar-refractivity contribution in [2.24, 2.45) is 0 Å². The Morgan fingerprint density at radius 1 is 0.926 bits per heavy atom. The minimum Gasteiger partial charge on any atom is -0.465 e. The predicted molar refractivity (Wildman–Crippen MR) is 99.1 cm³/mol. The van der Waals surface area contributed by atoms with Gasteiger partial charge in [0.2, 0.25) is 10.0 Å². The smallest absolute Gasteiger partial charge is 0.340 e. The highest BCUT2D eigenvalue weighted by Crippen LogP contribution is 2.25. The molecule has 140 valence electrons. The van der Waals surface area contributed by atoms with E-state index in [0.29, 0.717) is 22.0 Å². The molecule has 3 aromatic rings. The van der Waals surface area contributed by atoms with Gasteiger partial charge in [0.15, 0.2) is 0 Å². The molecule has 0 aliphatic rings. The lowest BCUT2D eigenvalue weighted by Gasteiger charge is -2.08. The fourth-order valence-corrected chi connectivity index (χ4v) is 4.27. The molecule has 0 atom stereocenters. The summed E-state index contributed by atoms with van der Waals surface area (Å²) in [6, 6.07) is 12.8. The van der Waals surface area contributed by atoms with Crippen molar-refractivity contribution in [2.75, 3.05) is 14.2 Å². The number of aromatic nitrogens is 1. The summed E-state index contributed by atoms with van der Waals surface area (Å²) in [5, 5.41) is 0.494. The molecular weight excluding hydrogens is 370 g/mol. The van der Waals surface area contributed by atoms with Crippen molar-refractivity contribution in [1.82, 2.24) is 3.97 Å². The molecule has 2 aromatic carbocycles. The lowest BCUT2D eigenvalue weighted by Crippen LogP contribution is -2.14. The standard InChI is InChI=1S/C19H17NO6S/c1-25-18(21)14-9-7-13(8-10-14)12-27(23,24)20-11-16(19(22)26-2)15-5-3-4-6-17(15)20/h3-11H,12H2,1-2H3. The van der Waals surface area contributed by atoms with E-state index in [1.807, 2.05) is 0 Å². The Morgan fingerprint density at radius 2 is 1.56 bits per heavy atom. The second kappa shape index (κ2) is 7.24. The highest BCUT2D eigenvalue weighted by Gasteiger charge is 2.22. The van der Waals surface area contributed by atoms with E-state index in [1.165, 1.54) is 32.5 Å². The zero-order chi connectivity index (χ0) is 19.6. The SMILES string of the molecule is COC(=O)c1ccc(CS(=O)(=O)n2cc(C(=O)OC)c3ccccc32)cc1. The molecule has 0 radical (unpaired) electrons. The number of esters is 2. The molecule has 0 fully saturated rings. The number of hydrogen-bond acceptors (Lipinski definition) is 6. The van der Waals surface area contributed by atoms with Gasteiger partial charge >= 0.3 is 11.9 Å². The summed E-state index contributed by atoms with van der Waals surface area (Å²) in [4.78, 5) is 23.5. The first-order valence-electron chi connectivity index (χ1n) is 7.96. The number of fused-ring (bicyclic) bond motifs is 1. The first-order valence-corrected chi connectivity index (χ1v) is 9.57. The Bertz CT molecular complexity index is 1110. The van der Waals surface area contributed by atoms with Crippen LogP contribution in [0.25, 0.3) is 10.9 Å². The molecule has 8 heteroatoms. The minimum atomic E-state index is -3.81. The average molecular weight is 387 g/mol. The zero-order valence-corrected chi connectivity index (χ0v) is 15.5. The maximum atomic E-state index is 12.9. The second-order valence-electron chi connectivity index (χ2n) is 5.79. The summed E-state index contributed by atoms with van der Waals surface area (Å²) in [6.45, 7) is 0. The van der Waals surface area contributed by atoms with Crippen molar-refractivity contribution in [3.05, 3.63) is 71.4 Å². The number of ether oxygens (including phenoxy) is 2. The van der Waals surface area contributed by atoms with Crippen LogP contribution in [0.1, 0.15) is 26.3 Å². The molecule has 0 N–H and O–H groups in total. The summed E-state index contributed by atoms with van der Waals surface area (Å²) >= 11 is 0. The third-order valence-electron chi connectivity index (χ3n) is 4.11. The summed E-state index contributed by atoms with van der Waals surface area (Å²) in [5.74, 6) is -1.40. The van der Waals surface area contributed by atoms with Crippen molar-refractivity contribution in [2.45, 2.75) is 5.75 Å². The molecule has 0 aliphatic carbocycles. The molecule has 1 aromatic heterocycles. The van der Waals surface area contributed by atoms with Crippen molar-refractivity contribution in [1.29, 1.82) is 0 Å². The topological polar surface area (TPSA) is 91.7 Å². The lowest BCUT2D eigenvalue weighted by molar-refractivity contribution is 0.0593. The van der Waals surface area contributed by atoms with Gasteiger partial charge in [-0.05, 0) is 23.8 Å². The number of methoxy groups -OCH3 is 2. The van der Waals surface area contributed by atoms with Gasteiger partial charge in [-0.15, -0.1) is 0 Å². The second-order valence-corrected chi connectivity index (χ2v) is 7.64. The molecule has 0 aliphatic heterocycles. The van der Waals surface area contributed by atoms with Crippen molar-refractivity contribution in [3.63, 3.8) is 0 Å². The number of nitrogens with zero attached hydrogens (tertiary/aromatic N) is 1. The Hall–Kier alpha value is -3.13. The number of hydrogen-bond donors (Lipinski definition) is 0. The van der Waals surface area contributed by atoms with Gasteiger partial charge < -0.3 is 9.47 Å². The summed E-state index contributed by atoms with van der Waals surface area (Å²) in [6.07, 6.45) is 1.27. The van der Waals surface area contributed by atoms with E-state index in [9.17, 15) is 18.0 Å². The zero-order valence-electron chi connectivity index (χ0n) is 14.7. The van der Waals surface area contributed by atoms with Crippen LogP contribution >= 0.6 is 0 Å². The van der Waals surface area contributed by atoms with Gasteiger partial charge in [-0.2, -0.15) is 0 Å². The maximum absolute atomic E-state index is 12.9. The molecule has 0 bridgehead atoms. The van der Waals surface area contributed by atoms with Crippen LogP contribution in [-0.2, 0) is 25.2 Å². The minimum absolute atomic E-state index is 0.178. The van der Waals surface area contributed by atoms with Gasteiger partial charge in [0, 0.05) is 11.6 Å². The average Bonchev–Trinajstić information content (AvgIpc) is 3.08. The van der Waals surface area contributed by atoms with Crippen LogP contribution in [0, 0.1) is 0 Å². The van der Waals surface area contributed by atoms with E-state index in [0.717, 1.165) is 3.97 Å². The van der Waals surface area contributed by atoms with Crippen LogP contribution in [0.2, 0.25) is 0 Å². The van der Waals surface area contributed by atoms with Crippen LogP contribution in [0.15, 0.2) is 54.7 Å². The third-order valence-corrected chi connectivity index (χ3v) is 5.71. The molecule has 0 saturated carbocycles. The van der Waals surface area contributed by atoms with Gasteiger partial charge in [-0.1, -0.05) is 30.3 Å². The predicted octanol–water partition coefficient (Wildman–Crippen LogP) is 2.59. The highest BCUT2D eigenvalue weighted by atomic mass is 32.2. The fraction of sp³-hybridized carbons (Fsp3) is 0.158. The number of rotatable bonds is 5. The quantitative estimate of drug-likeness (QED) is 0.625. The lowest BCUT2D eigenvalue weighted by atomic mass is 10.1. The van der Waals surface area contributed by atoms with Crippen LogP contribution in [0.3, 0.4) is 0 Å². The van der Waals surface area contributed by atoms with Gasteiger partial charge in [0.25, 0.3) is 0 Å². The Balaban J connectivity index is 2.00. The Labute approximate surface area is 156 Å². The first kappa shape index (κ1) is 18.7. The van der Waals surface area contributed by atoms with Crippen molar-refractivity contribution in [3.8, 4) is 0 Å². The van der Waals surface area contributed by atoms with Crippen LogP contribution in [-0.4, -0.2) is 38.5 Å². The van der Waals surface area contributed by atoms with Crippen LogP contribution < -0.4 is 0 Å². The molecule has 7 nitrogen and oxygen atoms in total. The number of carbonyl (C=O) groups excluding carboxylic acids is 2. The normalized spacial score (nSPS) is 11.3. The van der Waals surface area contributed by atoms with Gasteiger partial charge in [0.1, 0.15) is 0 Å². The summed E-state index contributed by atoms with van der Waals surface area (Å²) < 4.78 is 36.3. The van der Waals surface area contributed by atoms with E-state index < -0.39 is 22.0 Å². The van der Waals surface area contributed by atoms with Crippen LogP contribution in [0.4, 0.5) is 0 Å². The molecular formula is C19H17NO6S. The Morgan fingerprint density at radius 3 is 2.19 bits per heavy atom. The van der Waals surface area contributed by atoms with Crippen LogP contribution in [0.5, 0.6) is 0 Å². The van der Waals surface area contributed by atoms with E-state index in [2.05, 4.69) is 4.74 Å². The molecule has 0 amide bonds. The van der Waals surface area contributed by atoms with Gasteiger partial charge in [-0.25, -0.2) is 22.0 Å². The summed E-state index contributed by atoms with van der Waals surface area (Å²) in [5.41, 5.74) is 1.40. The maximum Gasteiger partial charge on any atom is 0.340 e. The van der Waals surface area contributed by atoms with E-state index >= 15 is 0 Å². The molecule has 27 heavy (non-hydrogen) atoms. The van der Waals surface area contributed by atoms with Gasteiger partial charge in [-0.3, -0.25) is 0 Å². The van der Waals surface area contributed by atoms with E-state index in [-0.39, 0.29) is 11.3 Å². The largest absolute Gasteiger partial charge is 0.465 e. The molecule has 0 saturated heterocycles. The molecule has 3 rings (SSSR count). The monoisotopic (exact) mass is 387 g/mol. The number of benzene rings is 2. The van der Waals surface area contributed by atoms with E-state index in [1.54, 1.807) is 36.4 Å². The highest BCUT2D eigenvalue weighted by molar-refractivity contribution is 7.89. The Kier molecular flexibility index (Phi) is 5.00. The first-order chi connectivity index (χ1) is 12.9. The number of carbonyl (C=O) groups is 2. The molecule has 0 spiro atoms. The fourth-order valence-electron chi connectivity index (χ4n) is 2.79. The van der Waals surface area contributed by atoms with Crippen molar-refractivity contribution >= 4 is 32.9 Å².